The summed E-state index contributed by atoms with van der Waals surface area (Å²) < 4.78 is 5.59. The Morgan fingerprint density at radius 2 is 1.86 bits per heavy atom. The van der Waals surface area contributed by atoms with Gasteiger partial charge in [0.15, 0.2) is 0 Å². The molecular weight excluding hydrogens is 266 g/mol. The second-order valence-electron chi connectivity index (χ2n) is 5.02. The smallest absolute Gasteiger partial charge is 0.271 e. The maximum atomic E-state index is 12.0. The lowest BCUT2D eigenvalue weighted by Gasteiger charge is -2.15. The number of hydrogen-bond acceptors (Lipinski definition) is 4. The highest BCUT2D eigenvalue weighted by molar-refractivity contribution is 5.92. The van der Waals surface area contributed by atoms with Crippen LogP contribution in [-0.2, 0) is 0 Å². The van der Waals surface area contributed by atoms with E-state index in [1.54, 1.807) is 0 Å². The van der Waals surface area contributed by atoms with Crippen molar-refractivity contribution in [3.63, 3.8) is 0 Å². The Bertz CT molecular complexity index is 582. The molecule has 0 saturated heterocycles. The van der Waals surface area contributed by atoms with Crippen LogP contribution in [0.4, 0.5) is 0 Å². The number of nitrogens with one attached hydrogen (secondary N) is 1. The molecule has 2 aromatic rings. The summed E-state index contributed by atoms with van der Waals surface area (Å²) in [7, 11) is 0. The molecule has 5 nitrogen and oxygen atoms in total. The van der Waals surface area contributed by atoms with Crippen molar-refractivity contribution in [1.29, 1.82) is 0 Å². The minimum absolute atomic E-state index is 0.118. The van der Waals surface area contributed by atoms with Gasteiger partial charge in [-0.15, -0.1) is 0 Å². The van der Waals surface area contributed by atoms with Gasteiger partial charge in [-0.3, -0.25) is 9.78 Å². The molecule has 0 aliphatic rings. The van der Waals surface area contributed by atoms with Crippen molar-refractivity contribution in [2.24, 2.45) is 0 Å². The first-order valence-electron chi connectivity index (χ1n) is 6.89. The first-order chi connectivity index (χ1) is 10.1. The van der Waals surface area contributed by atoms with Gasteiger partial charge in [-0.25, -0.2) is 4.98 Å². The van der Waals surface area contributed by atoms with Gasteiger partial charge in [-0.2, -0.15) is 0 Å². The van der Waals surface area contributed by atoms with E-state index in [1.807, 2.05) is 45.0 Å². The van der Waals surface area contributed by atoms with E-state index in [2.05, 4.69) is 15.3 Å². The summed E-state index contributed by atoms with van der Waals surface area (Å²) in [5.74, 6) is 0.583. The van der Waals surface area contributed by atoms with E-state index < -0.39 is 0 Å². The summed E-state index contributed by atoms with van der Waals surface area (Å²) in [6.45, 7) is 5.89. The number of ether oxygens (including phenoxy) is 1. The van der Waals surface area contributed by atoms with E-state index in [4.69, 9.17) is 4.74 Å². The molecule has 5 heteroatoms. The van der Waals surface area contributed by atoms with Crippen molar-refractivity contribution in [2.75, 3.05) is 0 Å². The van der Waals surface area contributed by atoms with Crippen molar-refractivity contribution in [2.45, 2.75) is 32.9 Å². The molecule has 0 bridgehead atoms. The minimum atomic E-state index is -0.238. The summed E-state index contributed by atoms with van der Waals surface area (Å²) in [5, 5.41) is 2.89. The Hall–Kier alpha value is -2.43. The van der Waals surface area contributed by atoms with E-state index in [-0.39, 0.29) is 18.1 Å². The van der Waals surface area contributed by atoms with E-state index in [1.165, 1.54) is 18.6 Å². The van der Waals surface area contributed by atoms with Gasteiger partial charge in [0.05, 0.1) is 18.3 Å². The number of aromatic nitrogens is 2. The second kappa shape index (κ2) is 6.83. The van der Waals surface area contributed by atoms with Crippen LogP contribution in [-0.4, -0.2) is 22.0 Å². The van der Waals surface area contributed by atoms with E-state index >= 15 is 0 Å². The summed E-state index contributed by atoms with van der Waals surface area (Å²) in [4.78, 5) is 19.9. The highest BCUT2D eigenvalue weighted by Crippen LogP contribution is 2.18. The first kappa shape index (κ1) is 15.0. The Balaban J connectivity index is 2.00. The number of rotatable bonds is 5. The Labute approximate surface area is 124 Å². The van der Waals surface area contributed by atoms with Crippen LogP contribution < -0.4 is 10.1 Å². The fourth-order valence-corrected chi connectivity index (χ4v) is 1.88. The van der Waals surface area contributed by atoms with E-state index in [0.717, 1.165) is 11.3 Å². The third kappa shape index (κ3) is 4.27. The molecule has 0 spiro atoms. The molecular formula is C16H19N3O2. The second-order valence-corrected chi connectivity index (χ2v) is 5.02. The lowest BCUT2D eigenvalue weighted by Crippen LogP contribution is -2.27. The predicted octanol–water partition coefficient (Wildman–Crippen LogP) is 2.75. The SMILES string of the molecule is CC(C)Oc1ccc(C(C)NC(=O)c2cnccn2)cc1. The number of benzene rings is 1. The molecule has 0 saturated carbocycles. The molecule has 1 aromatic carbocycles. The molecule has 2 rings (SSSR count). The molecule has 0 fully saturated rings. The molecule has 1 heterocycles. The Morgan fingerprint density at radius 1 is 1.14 bits per heavy atom. The van der Waals surface area contributed by atoms with Gasteiger partial charge in [0.1, 0.15) is 11.4 Å². The highest BCUT2D eigenvalue weighted by atomic mass is 16.5. The van der Waals surface area contributed by atoms with Gasteiger partial charge < -0.3 is 10.1 Å². The minimum Gasteiger partial charge on any atom is -0.491 e. The van der Waals surface area contributed by atoms with Gasteiger partial charge >= 0.3 is 0 Å². The molecule has 21 heavy (non-hydrogen) atoms. The number of nitrogens with zero attached hydrogens (tertiary/aromatic N) is 2. The van der Waals surface area contributed by atoms with Gasteiger partial charge in [0.2, 0.25) is 0 Å². The molecule has 0 aliphatic heterocycles. The fourth-order valence-electron chi connectivity index (χ4n) is 1.88. The predicted molar refractivity (Wildman–Crippen MR) is 80.1 cm³/mol. The molecule has 1 amide bonds. The Morgan fingerprint density at radius 3 is 2.43 bits per heavy atom. The number of carbonyl (C=O) groups is 1. The fraction of sp³-hybridized carbons (Fsp3) is 0.312. The number of carbonyl (C=O) groups excluding carboxylic acids is 1. The average Bonchev–Trinajstić information content (AvgIpc) is 2.48. The number of amides is 1. The van der Waals surface area contributed by atoms with Crippen LogP contribution in [0.5, 0.6) is 5.75 Å². The zero-order valence-electron chi connectivity index (χ0n) is 12.4. The van der Waals surface area contributed by atoms with Crippen molar-refractivity contribution in [3.05, 3.63) is 54.1 Å². The summed E-state index contributed by atoms with van der Waals surface area (Å²) in [6, 6.07) is 7.58. The quantitative estimate of drug-likeness (QED) is 0.917. The van der Waals surface area contributed by atoms with Crippen molar-refractivity contribution in [3.8, 4) is 5.75 Å². The third-order valence-corrected chi connectivity index (χ3v) is 2.90. The topological polar surface area (TPSA) is 64.1 Å². The zero-order valence-corrected chi connectivity index (χ0v) is 12.4. The van der Waals surface area contributed by atoms with Crippen LogP contribution in [0.25, 0.3) is 0 Å². The maximum Gasteiger partial charge on any atom is 0.271 e. The van der Waals surface area contributed by atoms with Crippen molar-refractivity contribution < 1.29 is 9.53 Å². The molecule has 1 N–H and O–H groups in total. The van der Waals surface area contributed by atoms with Crippen LogP contribution in [0, 0.1) is 0 Å². The molecule has 1 aromatic heterocycles. The van der Waals surface area contributed by atoms with Gasteiger partial charge in [-0.1, -0.05) is 12.1 Å². The van der Waals surface area contributed by atoms with Gasteiger partial charge in [0.25, 0.3) is 5.91 Å². The van der Waals surface area contributed by atoms with Crippen LogP contribution in [0.1, 0.15) is 42.9 Å². The third-order valence-electron chi connectivity index (χ3n) is 2.90. The number of hydrogen-bond donors (Lipinski definition) is 1. The zero-order chi connectivity index (χ0) is 15.2. The normalized spacial score (nSPS) is 12.0. The van der Waals surface area contributed by atoms with Crippen LogP contribution in [0.3, 0.4) is 0 Å². The monoisotopic (exact) mass is 285 g/mol. The van der Waals surface area contributed by atoms with Gasteiger partial charge in [0, 0.05) is 12.4 Å². The van der Waals surface area contributed by atoms with Crippen molar-refractivity contribution >= 4 is 5.91 Å². The van der Waals surface area contributed by atoms with E-state index in [0.29, 0.717) is 5.69 Å². The standard InChI is InChI=1S/C16H19N3O2/c1-11(2)21-14-6-4-13(5-7-14)12(3)19-16(20)15-10-17-8-9-18-15/h4-12H,1-3H3,(H,19,20). The largest absolute Gasteiger partial charge is 0.491 e. The lowest BCUT2D eigenvalue weighted by atomic mass is 10.1. The molecule has 0 aliphatic carbocycles. The molecule has 0 radical (unpaired) electrons. The Kier molecular flexibility index (Phi) is 4.87. The summed E-state index contributed by atoms with van der Waals surface area (Å²) >= 11 is 0. The maximum absolute atomic E-state index is 12.0. The highest BCUT2D eigenvalue weighted by Gasteiger charge is 2.12. The molecule has 1 atom stereocenters. The van der Waals surface area contributed by atoms with Crippen LogP contribution in [0.2, 0.25) is 0 Å². The first-order valence-corrected chi connectivity index (χ1v) is 6.89. The van der Waals surface area contributed by atoms with Crippen molar-refractivity contribution in [1.82, 2.24) is 15.3 Å². The van der Waals surface area contributed by atoms with E-state index in [9.17, 15) is 4.79 Å². The summed E-state index contributed by atoms with van der Waals surface area (Å²) in [6.07, 6.45) is 4.62. The van der Waals surface area contributed by atoms with Gasteiger partial charge in [-0.05, 0) is 38.5 Å². The van der Waals surface area contributed by atoms with Crippen LogP contribution in [0.15, 0.2) is 42.9 Å². The lowest BCUT2D eigenvalue weighted by molar-refractivity contribution is 0.0934. The molecule has 110 valence electrons. The van der Waals surface area contributed by atoms with Crippen LogP contribution >= 0.6 is 0 Å². The average molecular weight is 285 g/mol. The summed E-state index contributed by atoms with van der Waals surface area (Å²) in [5.41, 5.74) is 1.31. The molecule has 1 unspecified atom stereocenters.